The van der Waals surface area contributed by atoms with Crippen molar-refractivity contribution < 1.29 is 14.3 Å². The molecule has 1 aromatic carbocycles. The molecule has 1 heterocycles. The first kappa shape index (κ1) is 21.4. The summed E-state index contributed by atoms with van der Waals surface area (Å²) in [5.74, 6) is 0.739. The Balaban J connectivity index is 1.63. The summed E-state index contributed by atoms with van der Waals surface area (Å²) in [6.07, 6.45) is 6.57. The third kappa shape index (κ3) is 6.65. The van der Waals surface area contributed by atoms with Gasteiger partial charge in [-0.15, -0.1) is 0 Å². The number of carbonyl (C=O) groups excluding carboxylic acids is 1. The summed E-state index contributed by atoms with van der Waals surface area (Å²) < 4.78 is 14.0. The molecule has 0 N–H and O–H groups in total. The smallest absolute Gasteiger partial charge is 0.308 e. The fourth-order valence-corrected chi connectivity index (χ4v) is 3.14. The molecule has 0 amide bonds. The van der Waals surface area contributed by atoms with Crippen molar-refractivity contribution >= 4 is 29.1 Å². The summed E-state index contributed by atoms with van der Waals surface area (Å²) in [7, 11) is 1.98. The summed E-state index contributed by atoms with van der Waals surface area (Å²) >= 11 is 5.42. The fourth-order valence-electron chi connectivity index (χ4n) is 2.93. The minimum Gasteiger partial charge on any atom is -0.493 e. The molecule has 4 nitrogen and oxygen atoms in total. The molecule has 2 rings (SSSR count). The van der Waals surface area contributed by atoms with E-state index in [1.54, 1.807) is 0 Å². The normalized spacial score (nSPS) is 11.1. The number of hydrogen-bond donors (Lipinski definition) is 0. The Morgan fingerprint density at radius 3 is 2.37 bits per heavy atom. The lowest BCUT2D eigenvalue weighted by molar-refractivity contribution is -0.147. The molecule has 0 aliphatic rings. The number of esters is 1. The van der Waals surface area contributed by atoms with Crippen LogP contribution < -0.4 is 4.74 Å². The Labute approximate surface area is 167 Å². The summed E-state index contributed by atoms with van der Waals surface area (Å²) in [6, 6.07) is 10.1. The second-order valence-corrected chi connectivity index (χ2v) is 7.63. The van der Waals surface area contributed by atoms with E-state index in [1.165, 1.54) is 12.8 Å². The van der Waals surface area contributed by atoms with E-state index in [2.05, 4.69) is 12.1 Å². The zero-order chi connectivity index (χ0) is 19.6. The molecule has 27 heavy (non-hydrogen) atoms. The van der Waals surface area contributed by atoms with Crippen LogP contribution in [0, 0.1) is 10.6 Å². The largest absolute Gasteiger partial charge is 0.493 e. The fraction of sp³-hybridized carbons (Fsp3) is 0.545. The SMILES string of the molecule is CC(C)C(=O)OCCCCCCCCOc1cc(=S)n(C)c2ccccc12. The summed E-state index contributed by atoms with van der Waals surface area (Å²) in [5, 5.41) is 1.10. The van der Waals surface area contributed by atoms with E-state index in [-0.39, 0.29) is 11.9 Å². The highest BCUT2D eigenvalue weighted by Gasteiger charge is 2.07. The van der Waals surface area contributed by atoms with Crippen molar-refractivity contribution in [2.45, 2.75) is 52.4 Å². The highest BCUT2D eigenvalue weighted by atomic mass is 32.1. The molecule has 0 spiro atoms. The number of para-hydroxylation sites is 1. The summed E-state index contributed by atoms with van der Waals surface area (Å²) in [5.41, 5.74) is 1.10. The monoisotopic (exact) mass is 389 g/mol. The van der Waals surface area contributed by atoms with Gasteiger partial charge in [0.05, 0.1) is 24.6 Å². The van der Waals surface area contributed by atoms with E-state index in [0.29, 0.717) is 13.2 Å². The van der Waals surface area contributed by atoms with Crippen LogP contribution in [-0.4, -0.2) is 23.8 Å². The van der Waals surface area contributed by atoms with Gasteiger partial charge in [0.1, 0.15) is 10.4 Å². The highest BCUT2D eigenvalue weighted by Crippen LogP contribution is 2.26. The first-order valence-electron chi connectivity index (χ1n) is 9.89. The van der Waals surface area contributed by atoms with Gasteiger partial charge < -0.3 is 14.0 Å². The number of aromatic nitrogens is 1. The standard InChI is InChI=1S/C22H31NO3S/c1-17(2)22(24)26-15-11-7-5-4-6-10-14-25-20-16-21(27)23(3)19-13-9-8-12-18(19)20/h8-9,12-13,16-17H,4-7,10-11,14-15H2,1-3H3. The predicted molar refractivity (Wildman–Crippen MR) is 113 cm³/mol. The third-order valence-corrected chi connectivity index (χ3v) is 5.02. The predicted octanol–water partition coefficient (Wildman–Crippen LogP) is 5.83. The van der Waals surface area contributed by atoms with Crippen LogP contribution in [0.4, 0.5) is 0 Å². The molecule has 0 radical (unpaired) electrons. The minimum absolute atomic E-state index is 0.0361. The maximum atomic E-state index is 11.3. The van der Waals surface area contributed by atoms with Gasteiger partial charge in [-0.2, -0.15) is 0 Å². The minimum atomic E-state index is -0.101. The molecule has 0 saturated carbocycles. The molecule has 0 saturated heterocycles. The first-order valence-corrected chi connectivity index (χ1v) is 10.3. The molecule has 0 aliphatic carbocycles. The van der Waals surface area contributed by atoms with Gasteiger partial charge in [0.2, 0.25) is 0 Å². The van der Waals surface area contributed by atoms with Crippen molar-refractivity contribution in [2.75, 3.05) is 13.2 Å². The molecule has 1 aromatic heterocycles. The van der Waals surface area contributed by atoms with Crippen molar-refractivity contribution in [3.8, 4) is 5.75 Å². The number of rotatable bonds is 11. The van der Waals surface area contributed by atoms with E-state index < -0.39 is 0 Å². The van der Waals surface area contributed by atoms with Gasteiger partial charge in [0.15, 0.2) is 0 Å². The van der Waals surface area contributed by atoms with Crippen molar-refractivity contribution in [3.63, 3.8) is 0 Å². The highest BCUT2D eigenvalue weighted by molar-refractivity contribution is 7.71. The Morgan fingerprint density at radius 2 is 1.67 bits per heavy atom. The molecule has 0 unspecified atom stereocenters. The number of nitrogens with zero attached hydrogens (tertiary/aromatic N) is 1. The van der Waals surface area contributed by atoms with Crippen molar-refractivity contribution in [1.29, 1.82) is 0 Å². The average molecular weight is 390 g/mol. The first-order chi connectivity index (χ1) is 13.0. The molecule has 0 bridgehead atoms. The molecule has 0 aliphatic heterocycles. The van der Waals surface area contributed by atoms with Gasteiger partial charge in [-0.3, -0.25) is 4.79 Å². The van der Waals surface area contributed by atoms with Crippen LogP contribution in [0.15, 0.2) is 30.3 Å². The molecule has 2 aromatic rings. The van der Waals surface area contributed by atoms with Gasteiger partial charge in [-0.1, -0.05) is 63.9 Å². The zero-order valence-corrected chi connectivity index (χ0v) is 17.5. The lowest BCUT2D eigenvalue weighted by Gasteiger charge is -2.12. The van der Waals surface area contributed by atoms with Crippen molar-refractivity contribution in [3.05, 3.63) is 35.0 Å². The molecule has 0 atom stereocenters. The van der Waals surface area contributed by atoms with E-state index in [9.17, 15) is 4.79 Å². The number of carbonyl (C=O) groups is 1. The number of unbranched alkanes of at least 4 members (excludes halogenated alkanes) is 5. The van der Waals surface area contributed by atoms with Crippen molar-refractivity contribution in [2.24, 2.45) is 13.0 Å². The quantitative estimate of drug-likeness (QED) is 0.275. The van der Waals surface area contributed by atoms with Crippen LogP contribution in [0.3, 0.4) is 0 Å². The molecule has 0 fully saturated rings. The number of pyridine rings is 1. The number of ether oxygens (including phenoxy) is 2. The van der Waals surface area contributed by atoms with Gasteiger partial charge in [-0.25, -0.2) is 0 Å². The van der Waals surface area contributed by atoms with E-state index in [4.69, 9.17) is 21.7 Å². The molecule has 148 valence electrons. The number of aryl methyl sites for hydroxylation is 1. The lowest BCUT2D eigenvalue weighted by Crippen LogP contribution is -2.12. The second kappa shape index (κ2) is 11.1. The maximum Gasteiger partial charge on any atom is 0.308 e. The van der Waals surface area contributed by atoms with E-state index >= 15 is 0 Å². The van der Waals surface area contributed by atoms with Crippen molar-refractivity contribution in [1.82, 2.24) is 4.57 Å². The van der Waals surface area contributed by atoms with E-state index in [0.717, 1.165) is 47.0 Å². The van der Waals surface area contributed by atoms with Crippen LogP contribution in [0.25, 0.3) is 10.9 Å². The lowest BCUT2D eigenvalue weighted by atomic mass is 10.1. The summed E-state index contributed by atoms with van der Waals surface area (Å²) in [4.78, 5) is 11.3. The Hall–Kier alpha value is -1.88. The molecule has 5 heteroatoms. The van der Waals surface area contributed by atoms with Gasteiger partial charge >= 0.3 is 5.97 Å². The van der Waals surface area contributed by atoms with Crippen LogP contribution in [0.1, 0.15) is 52.4 Å². The Kier molecular flexibility index (Phi) is 8.79. The van der Waals surface area contributed by atoms with Crippen LogP contribution in [0.5, 0.6) is 5.75 Å². The van der Waals surface area contributed by atoms with Gasteiger partial charge in [0.25, 0.3) is 0 Å². The van der Waals surface area contributed by atoms with Crippen LogP contribution >= 0.6 is 12.2 Å². The maximum absolute atomic E-state index is 11.3. The topological polar surface area (TPSA) is 40.5 Å². The Morgan fingerprint density at radius 1 is 1.04 bits per heavy atom. The summed E-state index contributed by atoms with van der Waals surface area (Å²) in [6.45, 7) is 4.97. The second-order valence-electron chi connectivity index (χ2n) is 7.21. The number of fused-ring (bicyclic) bond motifs is 1. The van der Waals surface area contributed by atoms with Crippen LogP contribution in [-0.2, 0) is 16.6 Å². The van der Waals surface area contributed by atoms with E-state index in [1.807, 2.05) is 43.7 Å². The Bertz CT molecular complexity index is 798. The third-order valence-electron chi connectivity index (χ3n) is 4.63. The molecular formula is C22H31NO3S. The molecular weight excluding hydrogens is 358 g/mol. The number of benzene rings is 1. The number of hydrogen-bond acceptors (Lipinski definition) is 4. The van der Waals surface area contributed by atoms with Gasteiger partial charge in [0, 0.05) is 18.5 Å². The average Bonchev–Trinajstić information content (AvgIpc) is 2.66. The van der Waals surface area contributed by atoms with Gasteiger partial charge in [-0.05, 0) is 25.0 Å². The zero-order valence-electron chi connectivity index (χ0n) is 16.7. The van der Waals surface area contributed by atoms with Crippen LogP contribution in [0.2, 0.25) is 0 Å².